The minimum atomic E-state index is 0.781. The molecule has 21 heavy (non-hydrogen) atoms. The first-order chi connectivity index (χ1) is 10.4. The molecule has 0 aromatic heterocycles. The van der Waals surface area contributed by atoms with Gasteiger partial charge in [-0.2, -0.15) is 0 Å². The summed E-state index contributed by atoms with van der Waals surface area (Å²) in [5.74, 6) is 2.06. The minimum absolute atomic E-state index is 0.781. The van der Waals surface area contributed by atoms with Crippen LogP contribution in [0, 0.1) is 0 Å². The quantitative estimate of drug-likeness (QED) is 0.585. The summed E-state index contributed by atoms with van der Waals surface area (Å²) in [4.78, 5) is 0. The van der Waals surface area contributed by atoms with Crippen LogP contribution in [0.25, 0.3) is 10.8 Å². The lowest BCUT2D eigenvalue weighted by molar-refractivity contribution is 0.309. The van der Waals surface area contributed by atoms with E-state index in [9.17, 15) is 0 Å². The molecule has 0 unspecified atom stereocenters. The third-order valence-electron chi connectivity index (χ3n) is 4.09. The second-order valence-electron chi connectivity index (χ2n) is 5.45. The fourth-order valence-electron chi connectivity index (χ4n) is 3.03. The van der Waals surface area contributed by atoms with E-state index < -0.39 is 0 Å². The summed E-state index contributed by atoms with van der Waals surface area (Å²) in [6.45, 7) is 2.97. The van der Waals surface area contributed by atoms with Gasteiger partial charge in [-0.15, -0.1) is 0 Å². The lowest BCUT2D eigenvalue weighted by atomic mass is 9.90. The summed E-state index contributed by atoms with van der Waals surface area (Å²) >= 11 is 0. The van der Waals surface area contributed by atoms with Crippen molar-refractivity contribution in [1.82, 2.24) is 0 Å². The highest BCUT2D eigenvalue weighted by atomic mass is 16.5. The number of allylic oxidation sites excluding steroid dienone is 2. The third kappa shape index (κ3) is 2.51. The first-order valence-electron chi connectivity index (χ1n) is 7.75. The van der Waals surface area contributed by atoms with Gasteiger partial charge in [0, 0.05) is 21.9 Å². The molecular weight excluding hydrogens is 260 g/mol. The average Bonchev–Trinajstić information content (AvgIpc) is 2.54. The lowest BCUT2D eigenvalue weighted by Gasteiger charge is -2.22. The van der Waals surface area contributed by atoms with Gasteiger partial charge in [-0.05, 0) is 19.3 Å². The number of hydrogen-bond donors (Lipinski definition) is 0. The second kappa shape index (κ2) is 6.21. The van der Waals surface area contributed by atoms with Crippen LogP contribution in [0.2, 0.25) is 0 Å². The van der Waals surface area contributed by atoms with E-state index >= 15 is 0 Å². The van der Waals surface area contributed by atoms with Gasteiger partial charge in [0.15, 0.2) is 0 Å². The molecular formula is C19H22O2. The van der Waals surface area contributed by atoms with Crippen LogP contribution in [0.1, 0.15) is 30.9 Å². The summed E-state index contributed by atoms with van der Waals surface area (Å²) in [5.41, 5.74) is 2.58. The van der Waals surface area contributed by atoms with Crippen molar-refractivity contribution >= 4 is 10.8 Å². The maximum absolute atomic E-state index is 6.17. The number of hydrogen-bond acceptors (Lipinski definition) is 2. The molecule has 0 bridgehead atoms. The Morgan fingerprint density at radius 1 is 0.952 bits per heavy atom. The molecule has 0 amide bonds. The molecule has 0 spiro atoms. The van der Waals surface area contributed by atoms with Crippen molar-refractivity contribution < 1.29 is 9.47 Å². The summed E-state index contributed by atoms with van der Waals surface area (Å²) in [6, 6.07) is 8.39. The van der Waals surface area contributed by atoms with E-state index in [2.05, 4.69) is 43.3 Å². The second-order valence-corrected chi connectivity index (χ2v) is 5.45. The van der Waals surface area contributed by atoms with Gasteiger partial charge >= 0.3 is 0 Å². The van der Waals surface area contributed by atoms with E-state index in [4.69, 9.17) is 9.47 Å². The van der Waals surface area contributed by atoms with E-state index in [1.54, 1.807) is 7.11 Å². The molecule has 0 saturated heterocycles. The van der Waals surface area contributed by atoms with Crippen LogP contribution in [0.4, 0.5) is 0 Å². The fraction of sp³-hybridized carbons (Fsp3) is 0.368. The molecule has 0 N–H and O–H groups in total. The minimum Gasteiger partial charge on any atom is -0.496 e. The molecule has 2 aromatic carbocycles. The van der Waals surface area contributed by atoms with E-state index in [-0.39, 0.29) is 0 Å². The van der Waals surface area contributed by atoms with Crippen LogP contribution in [0.5, 0.6) is 11.5 Å². The Morgan fingerprint density at radius 3 is 2.19 bits per heavy atom. The van der Waals surface area contributed by atoms with E-state index in [1.165, 1.54) is 16.5 Å². The van der Waals surface area contributed by atoms with Crippen molar-refractivity contribution in [2.24, 2.45) is 0 Å². The lowest BCUT2D eigenvalue weighted by Crippen LogP contribution is -2.07. The number of benzene rings is 2. The molecule has 110 valence electrons. The van der Waals surface area contributed by atoms with Crippen LogP contribution in [0.3, 0.4) is 0 Å². The van der Waals surface area contributed by atoms with Crippen LogP contribution in [-0.4, -0.2) is 13.7 Å². The van der Waals surface area contributed by atoms with Crippen LogP contribution in [0.15, 0.2) is 36.4 Å². The molecule has 2 aromatic rings. The van der Waals surface area contributed by atoms with Crippen molar-refractivity contribution in [3.8, 4) is 11.5 Å². The van der Waals surface area contributed by atoms with Gasteiger partial charge in [0.1, 0.15) is 11.5 Å². The summed E-state index contributed by atoms with van der Waals surface area (Å²) in [5, 5.41) is 2.32. The van der Waals surface area contributed by atoms with Gasteiger partial charge in [-0.1, -0.05) is 49.8 Å². The zero-order valence-corrected chi connectivity index (χ0v) is 12.8. The highest BCUT2D eigenvalue weighted by Gasteiger charge is 2.21. The molecule has 0 heterocycles. The van der Waals surface area contributed by atoms with Crippen LogP contribution >= 0.6 is 0 Å². The fourth-order valence-corrected chi connectivity index (χ4v) is 3.03. The summed E-state index contributed by atoms with van der Waals surface area (Å²) in [6.07, 6.45) is 8.53. The monoisotopic (exact) mass is 282 g/mol. The number of rotatable bonds is 5. The van der Waals surface area contributed by atoms with E-state index in [0.717, 1.165) is 49.2 Å². The Labute approximate surface area is 126 Å². The number of fused-ring (bicyclic) bond motifs is 2. The Balaban J connectivity index is 2.19. The highest BCUT2D eigenvalue weighted by Crippen LogP contribution is 2.42. The molecule has 0 radical (unpaired) electrons. The van der Waals surface area contributed by atoms with Gasteiger partial charge in [0.2, 0.25) is 0 Å². The molecule has 3 rings (SSSR count). The average molecular weight is 282 g/mol. The molecule has 0 fully saturated rings. The molecule has 2 heteroatoms. The maximum Gasteiger partial charge on any atom is 0.131 e. The summed E-state index contributed by atoms with van der Waals surface area (Å²) in [7, 11) is 1.76. The first-order valence-corrected chi connectivity index (χ1v) is 7.75. The third-order valence-corrected chi connectivity index (χ3v) is 4.09. The molecule has 2 nitrogen and oxygen atoms in total. The van der Waals surface area contributed by atoms with Crippen molar-refractivity contribution in [3.63, 3.8) is 0 Å². The van der Waals surface area contributed by atoms with Gasteiger partial charge in [-0.25, -0.2) is 0 Å². The normalized spacial score (nSPS) is 13.2. The number of ether oxygens (including phenoxy) is 2. The van der Waals surface area contributed by atoms with Crippen LogP contribution in [-0.2, 0) is 12.8 Å². The van der Waals surface area contributed by atoms with Gasteiger partial charge in [0.25, 0.3) is 0 Å². The Morgan fingerprint density at radius 2 is 1.57 bits per heavy atom. The predicted octanol–water partition coefficient (Wildman–Crippen LogP) is 4.68. The van der Waals surface area contributed by atoms with E-state index in [1.807, 2.05) is 0 Å². The standard InChI is InChI=1S/C19H22O2/c1-3-4-13-21-19-16-11-7-5-9-14(16)18(20-2)15-10-6-8-12-17(15)19/h5-9,11H,3-4,10,12-13H2,1-2H3. The molecule has 1 aliphatic rings. The summed E-state index contributed by atoms with van der Waals surface area (Å²) < 4.78 is 11.9. The molecule has 1 aliphatic carbocycles. The molecule has 0 aliphatic heterocycles. The molecule has 0 atom stereocenters. The first kappa shape index (κ1) is 14.0. The van der Waals surface area contributed by atoms with Gasteiger partial charge < -0.3 is 9.47 Å². The number of methoxy groups -OCH3 is 1. The Hall–Kier alpha value is -1.96. The van der Waals surface area contributed by atoms with Gasteiger partial charge in [0.05, 0.1) is 13.7 Å². The van der Waals surface area contributed by atoms with Crippen molar-refractivity contribution in [2.75, 3.05) is 13.7 Å². The van der Waals surface area contributed by atoms with Crippen LogP contribution < -0.4 is 9.47 Å². The maximum atomic E-state index is 6.17. The zero-order chi connectivity index (χ0) is 14.7. The van der Waals surface area contributed by atoms with Crippen molar-refractivity contribution in [3.05, 3.63) is 47.5 Å². The largest absolute Gasteiger partial charge is 0.496 e. The smallest absolute Gasteiger partial charge is 0.131 e. The molecule has 0 saturated carbocycles. The Bertz CT molecular complexity index is 671. The Kier molecular flexibility index (Phi) is 4.14. The SMILES string of the molecule is CCCCOc1c2c(c(OC)c3ccccc13)CC=CC2. The predicted molar refractivity (Wildman–Crippen MR) is 87.5 cm³/mol. The van der Waals surface area contributed by atoms with Crippen molar-refractivity contribution in [1.29, 1.82) is 0 Å². The van der Waals surface area contributed by atoms with Gasteiger partial charge in [-0.3, -0.25) is 0 Å². The van der Waals surface area contributed by atoms with Crippen molar-refractivity contribution in [2.45, 2.75) is 32.6 Å². The highest BCUT2D eigenvalue weighted by molar-refractivity contribution is 5.96. The zero-order valence-electron chi connectivity index (χ0n) is 12.8. The topological polar surface area (TPSA) is 18.5 Å². The van der Waals surface area contributed by atoms with E-state index in [0.29, 0.717) is 0 Å². The number of unbranched alkanes of at least 4 members (excludes halogenated alkanes) is 1.